The average Bonchev–Trinajstić information content (AvgIpc) is 3.03. The van der Waals surface area contributed by atoms with Crippen LogP contribution in [0.4, 0.5) is 5.82 Å². The zero-order chi connectivity index (χ0) is 16.7. The van der Waals surface area contributed by atoms with E-state index in [1.807, 2.05) is 23.1 Å². The van der Waals surface area contributed by atoms with Gasteiger partial charge in [0.15, 0.2) is 6.10 Å². The number of nitrogens with one attached hydrogen (secondary N) is 1. The summed E-state index contributed by atoms with van der Waals surface area (Å²) in [5, 5.41) is 12.0. The summed E-state index contributed by atoms with van der Waals surface area (Å²) >= 11 is 6.01. The highest BCUT2D eigenvalue weighted by Crippen LogP contribution is 2.32. The van der Waals surface area contributed by atoms with E-state index in [9.17, 15) is 4.79 Å². The first-order valence-electron chi connectivity index (χ1n) is 7.91. The van der Waals surface area contributed by atoms with E-state index in [0.717, 1.165) is 22.6 Å². The lowest BCUT2D eigenvalue weighted by atomic mass is 10.0. The van der Waals surface area contributed by atoms with Gasteiger partial charge in [0.05, 0.1) is 5.69 Å². The molecule has 1 amide bonds. The van der Waals surface area contributed by atoms with Crippen LogP contribution in [0.25, 0.3) is 0 Å². The Balaban J connectivity index is 1.50. The zero-order valence-electron chi connectivity index (χ0n) is 13.3. The summed E-state index contributed by atoms with van der Waals surface area (Å²) in [5.41, 5.74) is 2.98. The molecule has 0 bridgehead atoms. The highest BCUT2D eigenvalue weighted by atomic mass is 35.5. The molecular weight excluding hydrogens is 328 g/mol. The van der Waals surface area contributed by atoms with Crippen molar-refractivity contribution in [2.45, 2.75) is 25.5 Å². The Labute approximate surface area is 144 Å². The minimum Gasteiger partial charge on any atom is -0.480 e. The molecule has 2 aliphatic heterocycles. The van der Waals surface area contributed by atoms with Gasteiger partial charge in [-0.1, -0.05) is 11.6 Å². The number of halogens is 1. The number of anilines is 1. The molecule has 0 unspecified atom stereocenters. The number of ether oxygens (including phenoxy) is 1. The fourth-order valence-electron chi connectivity index (χ4n) is 3.20. The molecule has 0 spiro atoms. The normalized spacial score (nSPS) is 18.6. The third-order valence-electron chi connectivity index (χ3n) is 4.48. The topological polar surface area (TPSA) is 67.4 Å². The van der Waals surface area contributed by atoms with Gasteiger partial charge >= 0.3 is 0 Å². The molecule has 7 heteroatoms. The first-order valence-corrected chi connectivity index (χ1v) is 8.29. The predicted molar refractivity (Wildman–Crippen MR) is 90.3 cm³/mol. The van der Waals surface area contributed by atoms with E-state index in [0.29, 0.717) is 36.8 Å². The maximum Gasteiger partial charge on any atom is 0.264 e. The van der Waals surface area contributed by atoms with Crippen LogP contribution in [0.2, 0.25) is 5.02 Å². The largest absolute Gasteiger partial charge is 0.480 e. The summed E-state index contributed by atoms with van der Waals surface area (Å²) in [4.78, 5) is 14.7. The Morgan fingerprint density at radius 1 is 1.33 bits per heavy atom. The second-order valence-corrected chi connectivity index (χ2v) is 6.46. The van der Waals surface area contributed by atoms with Crippen molar-refractivity contribution in [3.63, 3.8) is 0 Å². The van der Waals surface area contributed by atoms with Crippen molar-refractivity contribution in [2.24, 2.45) is 0 Å². The lowest BCUT2D eigenvalue weighted by molar-refractivity contribution is -0.138. The summed E-state index contributed by atoms with van der Waals surface area (Å²) in [6.07, 6.45) is 0.802. The molecule has 1 aromatic heterocycles. The second kappa shape index (κ2) is 5.94. The monoisotopic (exact) mass is 344 g/mol. The van der Waals surface area contributed by atoms with Gasteiger partial charge in [-0.2, -0.15) is 5.10 Å². The number of rotatable bonds is 2. The van der Waals surface area contributed by atoms with Crippen LogP contribution in [0, 0.1) is 0 Å². The van der Waals surface area contributed by atoms with Gasteiger partial charge in [-0.05, 0) is 35.4 Å². The van der Waals surface area contributed by atoms with Crippen molar-refractivity contribution in [1.29, 1.82) is 0 Å². The zero-order valence-corrected chi connectivity index (χ0v) is 14.0. The fourth-order valence-corrected chi connectivity index (χ4v) is 3.39. The summed E-state index contributed by atoms with van der Waals surface area (Å²) in [7, 11) is 1.80. The third kappa shape index (κ3) is 2.67. The van der Waals surface area contributed by atoms with Crippen LogP contribution in [0.5, 0.6) is 5.75 Å². The van der Waals surface area contributed by atoms with E-state index in [2.05, 4.69) is 15.5 Å². The molecule has 2 aromatic rings. The first kappa shape index (κ1) is 15.2. The quantitative estimate of drug-likeness (QED) is 0.903. The molecule has 2 aliphatic rings. The van der Waals surface area contributed by atoms with Crippen LogP contribution in [-0.2, 0) is 24.2 Å². The van der Waals surface area contributed by atoms with Gasteiger partial charge in [0.1, 0.15) is 11.6 Å². The molecule has 0 saturated carbocycles. The molecule has 3 heterocycles. The number of amides is 1. The van der Waals surface area contributed by atoms with Gasteiger partial charge in [0.2, 0.25) is 0 Å². The lowest BCUT2D eigenvalue weighted by Gasteiger charge is -2.29. The van der Waals surface area contributed by atoms with Crippen LogP contribution < -0.4 is 10.1 Å². The maximum atomic E-state index is 12.8. The Morgan fingerprint density at radius 2 is 2.21 bits per heavy atom. The number of carbonyl (C=O) groups excluding carboxylic acids is 1. The summed E-state index contributed by atoms with van der Waals surface area (Å²) < 4.78 is 5.82. The van der Waals surface area contributed by atoms with Crippen LogP contribution >= 0.6 is 11.6 Å². The van der Waals surface area contributed by atoms with E-state index in [1.165, 1.54) is 0 Å². The van der Waals surface area contributed by atoms with E-state index in [-0.39, 0.29) is 5.91 Å². The number of carbonyl (C=O) groups is 1. The second-order valence-electron chi connectivity index (χ2n) is 6.02. The van der Waals surface area contributed by atoms with Gasteiger partial charge < -0.3 is 15.0 Å². The maximum absolute atomic E-state index is 12.8. The average molecular weight is 345 g/mol. The van der Waals surface area contributed by atoms with Gasteiger partial charge in [-0.25, -0.2) is 0 Å². The van der Waals surface area contributed by atoms with Gasteiger partial charge in [-0.3, -0.25) is 4.79 Å². The van der Waals surface area contributed by atoms with Crippen LogP contribution in [0.3, 0.4) is 0 Å². The van der Waals surface area contributed by atoms with E-state index < -0.39 is 6.10 Å². The Kier molecular flexibility index (Phi) is 3.76. The highest BCUT2D eigenvalue weighted by molar-refractivity contribution is 6.30. The van der Waals surface area contributed by atoms with Gasteiger partial charge in [-0.15, -0.1) is 5.10 Å². The number of benzene rings is 1. The van der Waals surface area contributed by atoms with Crippen LogP contribution in [0.15, 0.2) is 24.3 Å². The molecular formula is C17H17ClN4O2. The molecule has 0 saturated heterocycles. The SMILES string of the molecule is CNc1cc2c(nn1)CCN(C(=O)[C@@H]1Cc3cc(Cl)ccc3O1)C2. The molecule has 1 atom stereocenters. The Hall–Kier alpha value is -2.34. The van der Waals surface area contributed by atoms with Crippen molar-refractivity contribution in [1.82, 2.24) is 15.1 Å². The predicted octanol–water partition coefficient (Wildman–Crippen LogP) is 2.06. The lowest BCUT2D eigenvalue weighted by Crippen LogP contribution is -2.44. The smallest absolute Gasteiger partial charge is 0.264 e. The van der Waals surface area contributed by atoms with Gasteiger partial charge in [0.25, 0.3) is 5.91 Å². The standard InChI is InChI=1S/C17H17ClN4O2/c1-19-16-8-11-9-22(5-4-13(11)20-21-16)17(23)15-7-10-6-12(18)2-3-14(10)24-15/h2-3,6,8,15H,4-5,7,9H2,1H3,(H,19,21)/t15-/m0/s1. The molecule has 6 nitrogen and oxygen atoms in total. The molecule has 1 N–H and O–H groups in total. The third-order valence-corrected chi connectivity index (χ3v) is 4.72. The molecule has 124 valence electrons. The first-order chi connectivity index (χ1) is 11.6. The number of hydrogen-bond acceptors (Lipinski definition) is 5. The van der Waals surface area contributed by atoms with E-state index in [1.54, 1.807) is 13.1 Å². The Bertz CT molecular complexity index is 811. The molecule has 24 heavy (non-hydrogen) atoms. The van der Waals surface area contributed by atoms with Gasteiger partial charge in [0, 0.05) is 38.0 Å². The Morgan fingerprint density at radius 3 is 3.04 bits per heavy atom. The minimum atomic E-state index is -0.474. The van der Waals surface area contributed by atoms with Crippen molar-refractivity contribution in [3.8, 4) is 5.75 Å². The summed E-state index contributed by atoms with van der Waals surface area (Å²) in [6, 6.07) is 7.42. The molecule has 4 rings (SSSR count). The molecule has 0 aliphatic carbocycles. The van der Waals surface area contributed by atoms with Crippen molar-refractivity contribution >= 4 is 23.3 Å². The minimum absolute atomic E-state index is 0.00999. The van der Waals surface area contributed by atoms with Crippen LogP contribution in [0.1, 0.15) is 16.8 Å². The van der Waals surface area contributed by atoms with Crippen LogP contribution in [-0.4, -0.2) is 40.7 Å². The van der Waals surface area contributed by atoms with Crippen molar-refractivity contribution in [2.75, 3.05) is 18.9 Å². The number of aromatic nitrogens is 2. The fraction of sp³-hybridized carbons (Fsp3) is 0.353. The number of hydrogen-bond donors (Lipinski definition) is 1. The summed E-state index contributed by atoms with van der Waals surface area (Å²) in [6.45, 7) is 1.17. The van der Waals surface area contributed by atoms with E-state index >= 15 is 0 Å². The van der Waals surface area contributed by atoms with Crippen molar-refractivity contribution in [3.05, 3.63) is 46.1 Å². The molecule has 0 fully saturated rings. The molecule has 0 radical (unpaired) electrons. The highest BCUT2D eigenvalue weighted by Gasteiger charge is 2.34. The van der Waals surface area contributed by atoms with Crippen molar-refractivity contribution < 1.29 is 9.53 Å². The van der Waals surface area contributed by atoms with E-state index in [4.69, 9.17) is 16.3 Å². The molecule has 1 aromatic carbocycles. The summed E-state index contributed by atoms with van der Waals surface area (Å²) in [5.74, 6) is 1.47. The number of fused-ring (bicyclic) bond motifs is 2. The number of nitrogens with zero attached hydrogens (tertiary/aromatic N) is 3.